The molecule has 0 amide bonds. The van der Waals surface area contributed by atoms with Gasteiger partial charge in [-0.15, -0.1) is 0 Å². The molecule has 0 aromatic heterocycles. The molecule has 1 aromatic rings. The minimum Gasteiger partial charge on any atom is -0.310 e. The van der Waals surface area contributed by atoms with Crippen LogP contribution in [0.3, 0.4) is 0 Å². The maximum atomic E-state index is 3.69. The molecule has 0 spiro atoms. The molecule has 0 radical (unpaired) electrons. The highest BCUT2D eigenvalue weighted by atomic mass is 15.2. The normalized spacial score (nSPS) is 22.8. The van der Waals surface area contributed by atoms with E-state index >= 15 is 0 Å². The Balaban J connectivity index is 1.41. The number of hydrogen-bond acceptors (Lipinski definition) is 2. The van der Waals surface area contributed by atoms with Crippen LogP contribution in [0.15, 0.2) is 30.3 Å². The molecule has 2 aliphatic rings. The van der Waals surface area contributed by atoms with Crippen LogP contribution in [0, 0.1) is 0 Å². The molecule has 17 heavy (non-hydrogen) atoms. The number of nitrogens with one attached hydrogen (secondary N) is 1. The average molecular weight is 230 g/mol. The van der Waals surface area contributed by atoms with E-state index in [0.717, 1.165) is 18.6 Å². The summed E-state index contributed by atoms with van der Waals surface area (Å²) in [4.78, 5) is 2.68. The van der Waals surface area contributed by atoms with E-state index in [1.807, 2.05) is 0 Å². The Bertz CT molecular complexity index is 337. The molecule has 3 rings (SSSR count). The summed E-state index contributed by atoms with van der Waals surface area (Å²) in [5.41, 5.74) is 1.40. The number of benzene rings is 1. The fraction of sp³-hybridized carbons (Fsp3) is 0.600. The van der Waals surface area contributed by atoms with Crippen LogP contribution in [-0.4, -0.2) is 30.1 Å². The number of likely N-dealkylation sites (tertiary alicyclic amines) is 1. The fourth-order valence-corrected chi connectivity index (χ4v) is 2.77. The molecule has 1 N–H and O–H groups in total. The third-order valence-electron chi connectivity index (χ3n) is 4.03. The SMILES string of the molecule is c1ccc(CNC2CCN(C3CC3)CC2)cc1. The number of piperidine rings is 1. The first-order valence-electron chi connectivity index (χ1n) is 6.93. The Morgan fingerprint density at radius 3 is 2.35 bits per heavy atom. The van der Waals surface area contributed by atoms with Crippen molar-refractivity contribution in [3.05, 3.63) is 35.9 Å². The van der Waals surface area contributed by atoms with Crippen LogP contribution in [0.5, 0.6) is 0 Å². The van der Waals surface area contributed by atoms with Crippen LogP contribution in [0.25, 0.3) is 0 Å². The predicted octanol–water partition coefficient (Wildman–Crippen LogP) is 2.40. The number of hydrogen-bond donors (Lipinski definition) is 1. The quantitative estimate of drug-likeness (QED) is 0.854. The van der Waals surface area contributed by atoms with Gasteiger partial charge in [0.15, 0.2) is 0 Å². The van der Waals surface area contributed by atoms with E-state index in [2.05, 4.69) is 40.5 Å². The molecular weight excluding hydrogens is 208 g/mol. The summed E-state index contributed by atoms with van der Waals surface area (Å²) in [5.74, 6) is 0. The van der Waals surface area contributed by atoms with Crippen molar-refractivity contribution in [2.24, 2.45) is 0 Å². The van der Waals surface area contributed by atoms with Gasteiger partial charge in [-0.05, 0) is 44.3 Å². The molecule has 2 heteroatoms. The lowest BCUT2D eigenvalue weighted by molar-refractivity contribution is 0.189. The van der Waals surface area contributed by atoms with Crippen LogP contribution in [0.2, 0.25) is 0 Å². The van der Waals surface area contributed by atoms with Crippen molar-refractivity contribution in [2.75, 3.05) is 13.1 Å². The fourth-order valence-electron chi connectivity index (χ4n) is 2.77. The highest BCUT2D eigenvalue weighted by molar-refractivity contribution is 5.14. The van der Waals surface area contributed by atoms with E-state index in [-0.39, 0.29) is 0 Å². The molecule has 0 bridgehead atoms. The second-order valence-corrected chi connectivity index (χ2v) is 5.41. The van der Waals surface area contributed by atoms with Gasteiger partial charge in [0.25, 0.3) is 0 Å². The van der Waals surface area contributed by atoms with Crippen LogP contribution in [-0.2, 0) is 6.54 Å². The zero-order valence-corrected chi connectivity index (χ0v) is 10.4. The third-order valence-corrected chi connectivity index (χ3v) is 4.03. The van der Waals surface area contributed by atoms with E-state index < -0.39 is 0 Å². The minimum absolute atomic E-state index is 0.727. The minimum atomic E-state index is 0.727. The number of nitrogens with zero attached hydrogens (tertiary/aromatic N) is 1. The Labute approximate surface area is 104 Å². The first-order valence-corrected chi connectivity index (χ1v) is 6.93. The van der Waals surface area contributed by atoms with Crippen molar-refractivity contribution < 1.29 is 0 Å². The van der Waals surface area contributed by atoms with Gasteiger partial charge in [-0.1, -0.05) is 30.3 Å². The summed E-state index contributed by atoms with van der Waals surface area (Å²) in [6.45, 7) is 3.63. The average Bonchev–Trinajstić information content (AvgIpc) is 3.23. The highest BCUT2D eigenvalue weighted by Gasteiger charge is 2.31. The maximum Gasteiger partial charge on any atom is 0.0208 e. The molecule has 92 valence electrons. The van der Waals surface area contributed by atoms with E-state index in [9.17, 15) is 0 Å². The van der Waals surface area contributed by atoms with E-state index in [1.165, 1.54) is 44.3 Å². The molecule has 1 saturated carbocycles. The summed E-state index contributed by atoms with van der Waals surface area (Å²) >= 11 is 0. The van der Waals surface area contributed by atoms with Crippen LogP contribution < -0.4 is 5.32 Å². The highest BCUT2D eigenvalue weighted by Crippen LogP contribution is 2.29. The van der Waals surface area contributed by atoms with E-state index in [0.29, 0.717) is 0 Å². The zero-order valence-electron chi connectivity index (χ0n) is 10.4. The zero-order chi connectivity index (χ0) is 11.5. The van der Waals surface area contributed by atoms with Gasteiger partial charge >= 0.3 is 0 Å². The lowest BCUT2D eigenvalue weighted by Crippen LogP contribution is -2.43. The molecule has 1 aliphatic carbocycles. The van der Waals surface area contributed by atoms with Gasteiger partial charge in [-0.3, -0.25) is 0 Å². The van der Waals surface area contributed by atoms with Crippen LogP contribution >= 0.6 is 0 Å². The predicted molar refractivity (Wildman–Crippen MR) is 70.9 cm³/mol. The monoisotopic (exact) mass is 230 g/mol. The summed E-state index contributed by atoms with van der Waals surface area (Å²) in [7, 11) is 0. The summed E-state index contributed by atoms with van der Waals surface area (Å²) in [6, 6.07) is 12.4. The third kappa shape index (κ3) is 3.08. The van der Waals surface area contributed by atoms with Gasteiger partial charge in [0.2, 0.25) is 0 Å². The van der Waals surface area contributed by atoms with Crippen LogP contribution in [0.1, 0.15) is 31.2 Å². The largest absolute Gasteiger partial charge is 0.310 e. The Morgan fingerprint density at radius 1 is 1.00 bits per heavy atom. The second-order valence-electron chi connectivity index (χ2n) is 5.41. The summed E-state index contributed by atoms with van der Waals surface area (Å²) in [5, 5.41) is 3.69. The first-order chi connectivity index (χ1) is 8.42. The van der Waals surface area contributed by atoms with Crippen molar-refractivity contribution in [2.45, 2.75) is 44.3 Å². The molecule has 1 aromatic carbocycles. The van der Waals surface area contributed by atoms with Gasteiger partial charge in [-0.25, -0.2) is 0 Å². The number of rotatable bonds is 4. The summed E-state index contributed by atoms with van der Waals surface area (Å²) < 4.78 is 0. The smallest absolute Gasteiger partial charge is 0.0208 e. The molecule has 1 saturated heterocycles. The molecule has 2 fully saturated rings. The van der Waals surface area contributed by atoms with Gasteiger partial charge < -0.3 is 10.2 Å². The van der Waals surface area contributed by atoms with Crippen molar-refractivity contribution in [3.8, 4) is 0 Å². The topological polar surface area (TPSA) is 15.3 Å². The molecule has 0 unspecified atom stereocenters. The van der Waals surface area contributed by atoms with Crippen molar-refractivity contribution in [1.82, 2.24) is 10.2 Å². The van der Waals surface area contributed by atoms with Crippen LogP contribution in [0.4, 0.5) is 0 Å². The van der Waals surface area contributed by atoms with Gasteiger partial charge in [0, 0.05) is 18.6 Å². The van der Waals surface area contributed by atoms with Gasteiger partial charge in [0.05, 0.1) is 0 Å². The molecule has 1 aliphatic heterocycles. The van der Waals surface area contributed by atoms with Crippen molar-refractivity contribution in [3.63, 3.8) is 0 Å². The van der Waals surface area contributed by atoms with Crippen molar-refractivity contribution in [1.29, 1.82) is 0 Å². The maximum absolute atomic E-state index is 3.69. The van der Waals surface area contributed by atoms with E-state index in [4.69, 9.17) is 0 Å². The Hall–Kier alpha value is -0.860. The molecule has 2 nitrogen and oxygen atoms in total. The lowest BCUT2D eigenvalue weighted by atomic mass is 10.0. The summed E-state index contributed by atoms with van der Waals surface area (Å²) in [6.07, 6.45) is 5.54. The van der Waals surface area contributed by atoms with Gasteiger partial charge in [0.1, 0.15) is 0 Å². The Kier molecular flexibility index (Phi) is 3.44. The first kappa shape index (κ1) is 11.2. The van der Waals surface area contributed by atoms with E-state index in [1.54, 1.807) is 0 Å². The second kappa shape index (κ2) is 5.19. The molecule has 1 heterocycles. The molecule has 0 atom stereocenters. The molecular formula is C15H22N2. The lowest BCUT2D eigenvalue weighted by Gasteiger charge is -2.32. The van der Waals surface area contributed by atoms with Gasteiger partial charge in [-0.2, -0.15) is 0 Å². The standard InChI is InChI=1S/C15H22N2/c1-2-4-13(5-3-1)12-16-14-8-10-17(11-9-14)15-6-7-15/h1-5,14-16H,6-12H2. The van der Waals surface area contributed by atoms with Crippen molar-refractivity contribution >= 4 is 0 Å². The Morgan fingerprint density at radius 2 is 1.71 bits per heavy atom.